The van der Waals surface area contributed by atoms with E-state index in [1.54, 1.807) is 13.0 Å². The number of hydrogen-bond acceptors (Lipinski definition) is 6. The summed E-state index contributed by atoms with van der Waals surface area (Å²) in [6, 6.07) is 8.45. The maximum absolute atomic E-state index is 10.8. The van der Waals surface area contributed by atoms with Gasteiger partial charge >= 0.3 is 0 Å². The smallest absolute Gasteiger partial charge is 0.269 e. The van der Waals surface area contributed by atoms with Crippen molar-refractivity contribution >= 4 is 22.8 Å². The van der Waals surface area contributed by atoms with Gasteiger partial charge in [-0.1, -0.05) is 11.2 Å². The fourth-order valence-corrected chi connectivity index (χ4v) is 2.94. The number of hydrogen-bond donors (Lipinski definition) is 1. The van der Waals surface area contributed by atoms with Crippen LogP contribution in [0.15, 0.2) is 40.2 Å². The number of aryl methyl sites for hydroxylation is 1. The van der Waals surface area contributed by atoms with Crippen molar-refractivity contribution in [3.05, 3.63) is 51.4 Å². The molecule has 0 bridgehead atoms. The lowest BCUT2D eigenvalue weighted by molar-refractivity contribution is -0.384. The standard InChI is InChI=1S/C14H11N3O3S/c1-8-7-9(17(18)19)4-5-10(8)13-12(14(15)16-20-13)11-3-2-6-21-11/h2-7H,1H3,(H2,15,16). The zero-order valence-corrected chi connectivity index (χ0v) is 11.9. The molecule has 7 heteroatoms. The number of nitrogens with zero attached hydrogens (tertiary/aromatic N) is 2. The Balaban J connectivity index is 2.16. The molecule has 0 saturated heterocycles. The molecule has 0 aliphatic heterocycles. The average Bonchev–Trinajstić information content (AvgIpc) is 3.07. The summed E-state index contributed by atoms with van der Waals surface area (Å²) in [6.45, 7) is 1.79. The van der Waals surface area contributed by atoms with Crippen molar-refractivity contribution < 1.29 is 9.45 Å². The Bertz CT molecular complexity index is 809. The molecule has 0 radical (unpaired) electrons. The first-order valence-electron chi connectivity index (χ1n) is 6.12. The first-order valence-corrected chi connectivity index (χ1v) is 7.00. The van der Waals surface area contributed by atoms with Crippen LogP contribution in [0.2, 0.25) is 0 Å². The number of nitro groups is 1. The van der Waals surface area contributed by atoms with Crippen molar-refractivity contribution in [2.75, 3.05) is 5.73 Å². The summed E-state index contributed by atoms with van der Waals surface area (Å²) >= 11 is 1.53. The fraction of sp³-hybridized carbons (Fsp3) is 0.0714. The van der Waals surface area contributed by atoms with Gasteiger partial charge in [-0.3, -0.25) is 10.1 Å². The largest absolute Gasteiger partial charge is 0.380 e. The Labute approximate surface area is 124 Å². The van der Waals surface area contributed by atoms with Crippen LogP contribution in [-0.2, 0) is 0 Å². The molecular weight excluding hydrogens is 290 g/mol. The van der Waals surface area contributed by atoms with E-state index in [9.17, 15) is 10.1 Å². The van der Waals surface area contributed by atoms with Crippen LogP contribution in [0.1, 0.15) is 5.56 Å². The van der Waals surface area contributed by atoms with E-state index < -0.39 is 4.92 Å². The zero-order valence-electron chi connectivity index (χ0n) is 11.1. The maximum Gasteiger partial charge on any atom is 0.269 e. The molecule has 21 heavy (non-hydrogen) atoms. The minimum atomic E-state index is -0.425. The van der Waals surface area contributed by atoms with E-state index in [-0.39, 0.29) is 5.69 Å². The summed E-state index contributed by atoms with van der Waals surface area (Å²) in [6.07, 6.45) is 0. The second-order valence-corrected chi connectivity index (χ2v) is 5.45. The first kappa shape index (κ1) is 13.3. The van der Waals surface area contributed by atoms with Crippen LogP contribution in [0.5, 0.6) is 0 Å². The number of thiophene rings is 1. The number of anilines is 1. The molecule has 0 aliphatic rings. The number of non-ortho nitro benzene ring substituents is 1. The Kier molecular flexibility index (Phi) is 3.19. The molecule has 2 heterocycles. The Hall–Kier alpha value is -2.67. The molecule has 3 aromatic rings. The van der Waals surface area contributed by atoms with Crippen LogP contribution < -0.4 is 5.73 Å². The highest BCUT2D eigenvalue weighted by atomic mass is 32.1. The van der Waals surface area contributed by atoms with E-state index >= 15 is 0 Å². The lowest BCUT2D eigenvalue weighted by Crippen LogP contribution is -1.91. The van der Waals surface area contributed by atoms with Gasteiger partial charge in [-0.05, 0) is 30.0 Å². The van der Waals surface area contributed by atoms with Crippen molar-refractivity contribution in [3.63, 3.8) is 0 Å². The molecule has 0 spiro atoms. The second-order valence-electron chi connectivity index (χ2n) is 4.51. The van der Waals surface area contributed by atoms with Gasteiger partial charge in [0.05, 0.1) is 10.5 Å². The van der Waals surface area contributed by atoms with E-state index in [1.807, 2.05) is 17.5 Å². The quantitative estimate of drug-likeness (QED) is 0.585. The monoisotopic (exact) mass is 301 g/mol. The lowest BCUT2D eigenvalue weighted by atomic mass is 10.0. The van der Waals surface area contributed by atoms with Gasteiger partial charge in [0.25, 0.3) is 5.69 Å². The van der Waals surface area contributed by atoms with Gasteiger partial charge in [0.1, 0.15) is 0 Å². The van der Waals surface area contributed by atoms with Crippen LogP contribution in [0.25, 0.3) is 21.8 Å². The number of rotatable bonds is 3. The van der Waals surface area contributed by atoms with Crippen LogP contribution >= 0.6 is 11.3 Å². The molecule has 0 atom stereocenters. The SMILES string of the molecule is Cc1cc([N+](=O)[O-])ccc1-c1onc(N)c1-c1cccs1. The van der Waals surface area contributed by atoms with Gasteiger partial charge in [-0.15, -0.1) is 11.3 Å². The molecule has 106 valence electrons. The van der Waals surface area contributed by atoms with Crippen LogP contribution in [0.4, 0.5) is 11.5 Å². The third kappa shape index (κ3) is 2.27. The molecule has 0 aliphatic carbocycles. The molecule has 0 unspecified atom stereocenters. The van der Waals surface area contributed by atoms with Crippen LogP contribution in [0.3, 0.4) is 0 Å². The molecule has 2 aromatic heterocycles. The topological polar surface area (TPSA) is 95.2 Å². The van der Waals surface area contributed by atoms with Crippen molar-refractivity contribution in [3.8, 4) is 21.8 Å². The summed E-state index contributed by atoms with van der Waals surface area (Å²) in [5.41, 5.74) is 8.14. The Morgan fingerprint density at radius 3 is 2.81 bits per heavy atom. The van der Waals surface area contributed by atoms with Gasteiger partial charge in [0.2, 0.25) is 0 Å². The highest BCUT2D eigenvalue weighted by molar-refractivity contribution is 7.13. The summed E-state index contributed by atoms with van der Waals surface area (Å²) in [7, 11) is 0. The molecule has 6 nitrogen and oxygen atoms in total. The van der Waals surface area contributed by atoms with E-state index in [1.165, 1.54) is 23.5 Å². The Morgan fingerprint density at radius 2 is 2.19 bits per heavy atom. The van der Waals surface area contributed by atoms with Crippen LogP contribution in [0, 0.1) is 17.0 Å². The Morgan fingerprint density at radius 1 is 1.38 bits per heavy atom. The van der Waals surface area contributed by atoms with Crippen molar-refractivity contribution in [1.82, 2.24) is 5.16 Å². The van der Waals surface area contributed by atoms with E-state index in [0.717, 1.165) is 21.6 Å². The fourth-order valence-electron chi connectivity index (χ4n) is 2.16. The second kappa shape index (κ2) is 5.02. The van der Waals surface area contributed by atoms with Crippen molar-refractivity contribution in [2.24, 2.45) is 0 Å². The third-order valence-electron chi connectivity index (χ3n) is 3.15. The van der Waals surface area contributed by atoms with Crippen LogP contribution in [-0.4, -0.2) is 10.1 Å². The lowest BCUT2D eigenvalue weighted by Gasteiger charge is -2.04. The summed E-state index contributed by atoms with van der Waals surface area (Å²) in [4.78, 5) is 11.3. The predicted molar refractivity (Wildman–Crippen MR) is 81.1 cm³/mol. The van der Waals surface area contributed by atoms with Gasteiger partial charge in [0.15, 0.2) is 11.6 Å². The number of nitro benzene ring substituents is 1. The predicted octanol–water partition coefficient (Wildman–Crippen LogP) is 3.87. The minimum absolute atomic E-state index is 0.0430. The maximum atomic E-state index is 10.8. The van der Waals surface area contributed by atoms with Crippen molar-refractivity contribution in [2.45, 2.75) is 6.92 Å². The summed E-state index contributed by atoms with van der Waals surface area (Å²) in [5, 5.41) is 16.6. The number of benzene rings is 1. The molecule has 1 aromatic carbocycles. The first-order chi connectivity index (χ1) is 10.1. The average molecular weight is 301 g/mol. The van der Waals surface area contributed by atoms with Crippen molar-refractivity contribution in [1.29, 1.82) is 0 Å². The number of aromatic nitrogens is 1. The highest BCUT2D eigenvalue weighted by Crippen LogP contribution is 2.40. The van der Waals surface area contributed by atoms with E-state index in [0.29, 0.717) is 11.6 Å². The molecule has 0 amide bonds. The molecule has 0 saturated carbocycles. The minimum Gasteiger partial charge on any atom is -0.380 e. The highest BCUT2D eigenvalue weighted by Gasteiger charge is 2.21. The van der Waals surface area contributed by atoms with Gasteiger partial charge < -0.3 is 10.3 Å². The molecule has 3 rings (SSSR count). The summed E-state index contributed by atoms with van der Waals surface area (Å²) < 4.78 is 5.35. The molecule has 0 fully saturated rings. The third-order valence-corrected chi connectivity index (χ3v) is 4.04. The molecular formula is C14H11N3O3S. The number of nitrogens with two attached hydrogens (primary N) is 1. The molecule has 2 N–H and O–H groups in total. The normalized spacial score (nSPS) is 10.7. The van der Waals surface area contributed by atoms with Gasteiger partial charge in [-0.2, -0.15) is 0 Å². The van der Waals surface area contributed by atoms with E-state index in [4.69, 9.17) is 10.3 Å². The van der Waals surface area contributed by atoms with Gasteiger partial charge in [0, 0.05) is 22.6 Å². The summed E-state index contributed by atoms with van der Waals surface area (Å²) in [5.74, 6) is 0.840. The van der Waals surface area contributed by atoms with E-state index in [2.05, 4.69) is 5.16 Å². The number of nitrogen functional groups attached to an aromatic ring is 1. The zero-order chi connectivity index (χ0) is 15.0. The van der Waals surface area contributed by atoms with Gasteiger partial charge in [-0.25, -0.2) is 0 Å².